The summed E-state index contributed by atoms with van der Waals surface area (Å²) in [5.41, 5.74) is 19.1. The van der Waals surface area contributed by atoms with E-state index >= 15 is 0 Å². The molecule has 4 bridgehead atoms. The number of aryl methyl sites for hydroxylation is 6. The summed E-state index contributed by atoms with van der Waals surface area (Å²) >= 11 is 0. The molecule has 3 heteroatoms. The molecule has 1 saturated carbocycles. The molecule has 0 unspecified atom stereocenters. The molecule has 0 spiro atoms. The quantitative estimate of drug-likeness (QED) is 0.108. The fourth-order valence-corrected chi connectivity index (χ4v) is 10.8. The van der Waals surface area contributed by atoms with Crippen LogP contribution in [0.2, 0.25) is 0 Å². The van der Waals surface area contributed by atoms with Crippen molar-refractivity contribution in [3.05, 3.63) is 270 Å². The summed E-state index contributed by atoms with van der Waals surface area (Å²) in [6, 6.07) is 61.5. The maximum Gasteiger partial charge on any atom is 0.0708 e. The molecule has 4 aliphatic rings. The highest BCUT2D eigenvalue weighted by molar-refractivity contribution is 5.93. The van der Waals surface area contributed by atoms with Crippen molar-refractivity contribution < 1.29 is 4.11 Å². The van der Waals surface area contributed by atoms with E-state index in [0.29, 0.717) is 41.9 Å². The third-order valence-corrected chi connectivity index (χ3v) is 14.9. The van der Waals surface area contributed by atoms with Crippen molar-refractivity contribution in [2.24, 2.45) is 17.8 Å². The molecule has 9 aromatic rings. The Hall–Kier alpha value is -8.01. The highest BCUT2D eigenvalue weighted by Gasteiger charge is 2.49. The molecule has 13 rings (SSSR count). The third kappa shape index (κ3) is 8.58. The summed E-state index contributed by atoms with van der Waals surface area (Å²) in [6.45, 7) is -0.116. The molecule has 0 radical (unpaired) electrons. The van der Waals surface area contributed by atoms with E-state index in [4.69, 9.17) is 19.1 Å². The number of hydrogen-bond acceptors (Lipinski definition) is 3. The summed E-state index contributed by atoms with van der Waals surface area (Å²) < 4.78 is 25.7. The van der Waals surface area contributed by atoms with Gasteiger partial charge in [-0.15, -0.1) is 0 Å². The monoisotopic (exact) mass is 904 g/mol. The van der Waals surface area contributed by atoms with Gasteiger partial charge in [0.1, 0.15) is 0 Å². The van der Waals surface area contributed by atoms with Crippen LogP contribution in [-0.4, -0.2) is 15.0 Å². The lowest BCUT2D eigenvalue weighted by Crippen LogP contribution is -2.16. The van der Waals surface area contributed by atoms with Gasteiger partial charge in [0.25, 0.3) is 0 Å². The molecule has 0 atom stereocenters. The molecule has 0 saturated heterocycles. The van der Waals surface area contributed by atoms with Gasteiger partial charge >= 0.3 is 0 Å². The fraction of sp³-hybridized carbons (Fsp3) is 0.149. The van der Waals surface area contributed by atoms with Crippen LogP contribution in [0.25, 0.3) is 67.2 Å². The molecule has 6 aromatic carbocycles. The number of benzene rings is 6. The predicted molar refractivity (Wildman–Crippen MR) is 289 cm³/mol. The zero-order valence-corrected chi connectivity index (χ0v) is 39.3. The lowest BCUT2D eigenvalue weighted by atomic mass is 9.79. The Bertz CT molecular complexity index is 3530. The van der Waals surface area contributed by atoms with E-state index in [9.17, 15) is 0 Å². The zero-order chi connectivity index (χ0) is 49.5. The average Bonchev–Trinajstić information content (AvgIpc) is 4.23. The van der Waals surface area contributed by atoms with Crippen LogP contribution in [-0.2, 0) is 31.1 Å². The van der Waals surface area contributed by atoms with Gasteiger partial charge in [-0.25, -0.2) is 0 Å². The van der Waals surface area contributed by atoms with Crippen LogP contribution >= 0.6 is 0 Å². The zero-order valence-electron chi connectivity index (χ0n) is 42.3. The van der Waals surface area contributed by atoms with Gasteiger partial charge in [0.2, 0.25) is 0 Å². The molecule has 3 heterocycles. The van der Waals surface area contributed by atoms with E-state index < -0.39 is 6.85 Å². The Morgan fingerprint density at radius 2 is 0.871 bits per heavy atom. The molecule has 0 amide bonds. The summed E-state index contributed by atoms with van der Waals surface area (Å²) in [6.07, 6.45) is 23.2. The molecular formula is C67H55N3. The van der Waals surface area contributed by atoms with Crippen molar-refractivity contribution in [2.75, 3.05) is 0 Å². The summed E-state index contributed by atoms with van der Waals surface area (Å²) in [5.74, 6) is 1.89. The minimum absolute atomic E-state index is 0.236. The molecule has 0 N–H and O–H groups in total. The number of aromatic nitrogens is 3. The second kappa shape index (κ2) is 18.5. The average molecular weight is 905 g/mol. The first kappa shape index (κ1) is 39.9. The number of hydrogen-bond donors (Lipinski definition) is 0. The van der Waals surface area contributed by atoms with Crippen LogP contribution in [0.5, 0.6) is 0 Å². The summed E-state index contributed by atoms with van der Waals surface area (Å²) in [5, 5.41) is 0. The van der Waals surface area contributed by atoms with Crippen LogP contribution in [0.4, 0.5) is 0 Å². The molecule has 4 aliphatic carbocycles. The van der Waals surface area contributed by atoms with Crippen LogP contribution in [0.15, 0.2) is 231 Å². The molecule has 3 nitrogen and oxygen atoms in total. The van der Waals surface area contributed by atoms with Gasteiger partial charge in [0.05, 0.1) is 17.1 Å². The Morgan fingerprint density at radius 1 is 0.400 bits per heavy atom. The Morgan fingerprint density at radius 3 is 1.41 bits per heavy atom. The van der Waals surface area contributed by atoms with Crippen molar-refractivity contribution in [1.82, 2.24) is 15.0 Å². The van der Waals surface area contributed by atoms with Gasteiger partial charge < -0.3 is 0 Å². The highest BCUT2D eigenvalue weighted by Crippen LogP contribution is 2.55. The topological polar surface area (TPSA) is 38.7 Å². The Kier molecular flexibility index (Phi) is 10.5. The molecule has 1 fully saturated rings. The SMILES string of the molecule is [2H]C([2H])([2H])c1cc(-c2ccccc2)ncc1CCc1cc(CCc2cnc(-c3ccccc3)cc2C)cc(-c2ccccc2-c2cnc(-c3ccccc3)cc2-c2ccc(C34C=CC5C(C=C3)C5C=C4)cc2)c1. The highest BCUT2D eigenvalue weighted by atomic mass is 14.7. The first-order chi connectivity index (χ1) is 35.7. The largest absolute Gasteiger partial charge is 0.256 e. The van der Waals surface area contributed by atoms with Gasteiger partial charge in [-0.3, -0.25) is 15.0 Å². The molecule has 338 valence electrons. The maximum atomic E-state index is 8.58. The Labute approximate surface area is 417 Å². The number of allylic oxidation sites excluding steroid dienone is 6. The lowest BCUT2D eigenvalue weighted by Gasteiger charge is -2.24. The smallest absolute Gasteiger partial charge is 0.0708 e. The third-order valence-electron chi connectivity index (χ3n) is 14.9. The Balaban J connectivity index is 0.930. The normalized spacial score (nSPS) is 19.2. The number of pyridine rings is 3. The van der Waals surface area contributed by atoms with Crippen LogP contribution in [0.1, 0.15) is 43.1 Å². The first-order valence-corrected chi connectivity index (χ1v) is 24.7. The minimum Gasteiger partial charge on any atom is -0.256 e. The molecular weight excluding hydrogens is 847 g/mol. The fourth-order valence-electron chi connectivity index (χ4n) is 10.8. The summed E-state index contributed by atoms with van der Waals surface area (Å²) in [7, 11) is 0. The second-order valence-corrected chi connectivity index (χ2v) is 19.3. The number of rotatable bonds is 13. The van der Waals surface area contributed by atoms with Gasteiger partial charge in [-0.2, -0.15) is 0 Å². The molecule has 70 heavy (non-hydrogen) atoms. The minimum atomic E-state index is -2.29. The number of nitrogens with zero attached hydrogens (tertiary/aromatic N) is 3. The van der Waals surface area contributed by atoms with E-state index in [1.54, 1.807) is 12.3 Å². The van der Waals surface area contributed by atoms with E-state index in [1.165, 1.54) is 22.3 Å². The van der Waals surface area contributed by atoms with Crippen molar-refractivity contribution in [3.63, 3.8) is 0 Å². The van der Waals surface area contributed by atoms with Gasteiger partial charge in [0, 0.05) is 50.4 Å². The maximum absolute atomic E-state index is 8.58. The predicted octanol–water partition coefficient (Wildman–Crippen LogP) is 15.9. The van der Waals surface area contributed by atoms with Crippen LogP contribution < -0.4 is 0 Å². The van der Waals surface area contributed by atoms with E-state index in [0.717, 1.165) is 85.4 Å². The molecule has 3 aromatic heterocycles. The van der Waals surface area contributed by atoms with Gasteiger partial charge in [-0.05, 0) is 142 Å². The van der Waals surface area contributed by atoms with Gasteiger partial charge in [0.15, 0.2) is 0 Å². The van der Waals surface area contributed by atoms with Gasteiger partial charge in [-0.1, -0.05) is 194 Å². The van der Waals surface area contributed by atoms with E-state index in [1.807, 2.05) is 60.8 Å². The molecule has 0 aliphatic heterocycles. The lowest BCUT2D eigenvalue weighted by molar-refractivity contribution is 0.859. The van der Waals surface area contributed by atoms with Crippen molar-refractivity contribution in [1.29, 1.82) is 0 Å². The van der Waals surface area contributed by atoms with Crippen molar-refractivity contribution >= 4 is 0 Å². The summed E-state index contributed by atoms with van der Waals surface area (Å²) in [4.78, 5) is 14.9. The standard InChI is InChI=1S/C67H55N3/c1-45-36-64(50-14-6-3-7-15-50)68-42-53(45)24-22-47-38-48(23-25-54-43-69-65(37-46(54)2)51-16-8-4-9-17-51)40-55(39-47)57-20-12-13-21-58(57)63-44-70-66(52-18-10-5-11-19-52)41-62(63)49-26-28-56(29-27-49)67-33-30-59-60(31-34-67)61(59)32-35-67/h3-21,26-44,59-61H,22-25H2,1-2H3/i1D3. The van der Waals surface area contributed by atoms with Crippen LogP contribution in [0, 0.1) is 31.5 Å². The van der Waals surface area contributed by atoms with Crippen LogP contribution in [0.3, 0.4) is 0 Å². The van der Waals surface area contributed by atoms with E-state index in [-0.39, 0.29) is 5.41 Å². The van der Waals surface area contributed by atoms with Crippen molar-refractivity contribution in [3.8, 4) is 67.2 Å². The van der Waals surface area contributed by atoms with E-state index in [2.05, 4.69) is 165 Å². The second-order valence-electron chi connectivity index (χ2n) is 19.3. The first-order valence-electron chi connectivity index (χ1n) is 26.2. The van der Waals surface area contributed by atoms with Crippen molar-refractivity contribution in [2.45, 2.75) is 44.9 Å².